The van der Waals surface area contributed by atoms with Crippen molar-refractivity contribution >= 4 is 5.65 Å². The standard InChI is InChI=1S/C16H16N2O2/c1-19-14-5-3-4-12(9-14)8-13-11-18-7-6-15(20-2)10-16(18)17-13/h3-7,9-11H,8H2,1-2H3. The van der Waals surface area contributed by atoms with Gasteiger partial charge in [-0.2, -0.15) is 0 Å². The lowest BCUT2D eigenvalue weighted by atomic mass is 10.1. The number of fused-ring (bicyclic) bond motifs is 1. The van der Waals surface area contributed by atoms with E-state index < -0.39 is 0 Å². The molecule has 3 aromatic rings. The van der Waals surface area contributed by atoms with Gasteiger partial charge in [-0.1, -0.05) is 12.1 Å². The largest absolute Gasteiger partial charge is 0.497 e. The summed E-state index contributed by atoms with van der Waals surface area (Å²) in [5.74, 6) is 1.68. The Labute approximate surface area is 117 Å². The molecule has 0 fully saturated rings. The van der Waals surface area contributed by atoms with E-state index in [9.17, 15) is 0 Å². The highest BCUT2D eigenvalue weighted by Gasteiger charge is 2.05. The predicted octanol–water partition coefficient (Wildman–Crippen LogP) is 2.94. The van der Waals surface area contributed by atoms with Gasteiger partial charge in [-0.25, -0.2) is 4.98 Å². The molecule has 0 saturated heterocycles. The van der Waals surface area contributed by atoms with Crippen LogP contribution in [-0.2, 0) is 6.42 Å². The highest BCUT2D eigenvalue weighted by molar-refractivity contribution is 5.46. The van der Waals surface area contributed by atoms with Crippen LogP contribution < -0.4 is 9.47 Å². The number of ether oxygens (including phenoxy) is 2. The fraction of sp³-hybridized carbons (Fsp3) is 0.188. The first kappa shape index (κ1) is 12.5. The van der Waals surface area contributed by atoms with E-state index >= 15 is 0 Å². The first-order chi connectivity index (χ1) is 9.78. The molecule has 2 aromatic heterocycles. The fourth-order valence-electron chi connectivity index (χ4n) is 2.22. The van der Waals surface area contributed by atoms with Crippen LogP contribution >= 0.6 is 0 Å². The summed E-state index contributed by atoms with van der Waals surface area (Å²) in [7, 11) is 3.34. The third-order valence-electron chi connectivity index (χ3n) is 3.24. The number of nitrogens with zero attached hydrogens (tertiary/aromatic N) is 2. The third-order valence-corrected chi connectivity index (χ3v) is 3.24. The van der Waals surface area contributed by atoms with E-state index in [2.05, 4.69) is 11.1 Å². The molecule has 0 amide bonds. The Morgan fingerprint density at radius 3 is 2.65 bits per heavy atom. The van der Waals surface area contributed by atoms with Crippen LogP contribution in [0.5, 0.6) is 11.5 Å². The molecule has 3 rings (SSSR count). The van der Waals surface area contributed by atoms with Crippen molar-refractivity contribution in [3.63, 3.8) is 0 Å². The number of rotatable bonds is 4. The van der Waals surface area contributed by atoms with E-state index in [4.69, 9.17) is 9.47 Å². The van der Waals surface area contributed by atoms with E-state index in [0.717, 1.165) is 29.3 Å². The second-order valence-electron chi connectivity index (χ2n) is 4.59. The van der Waals surface area contributed by atoms with Crippen LogP contribution in [0.25, 0.3) is 5.65 Å². The van der Waals surface area contributed by atoms with Crippen molar-refractivity contribution in [1.29, 1.82) is 0 Å². The summed E-state index contributed by atoms with van der Waals surface area (Å²) in [6.45, 7) is 0. The molecule has 0 saturated carbocycles. The number of methoxy groups -OCH3 is 2. The van der Waals surface area contributed by atoms with Gasteiger partial charge in [0.05, 0.1) is 19.9 Å². The number of aromatic nitrogens is 2. The predicted molar refractivity (Wildman–Crippen MR) is 77.5 cm³/mol. The van der Waals surface area contributed by atoms with Crippen LogP contribution in [0.2, 0.25) is 0 Å². The van der Waals surface area contributed by atoms with Crippen LogP contribution in [-0.4, -0.2) is 23.6 Å². The Hall–Kier alpha value is -2.49. The molecule has 0 N–H and O–H groups in total. The smallest absolute Gasteiger partial charge is 0.140 e. The quantitative estimate of drug-likeness (QED) is 0.730. The zero-order valence-corrected chi connectivity index (χ0v) is 11.5. The van der Waals surface area contributed by atoms with E-state index in [1.54, 1.807) is 14.2 Å². The second-order valence-corrected chi connectivity index (χ2v) is 4.59. The maximum Gasteiger partial charge on any atom is 0.140 e. The molecule has 0 aliphatic carbocycles. The van der Waals surface area contributed by atoms with Crippen LogP contribution in [0, 0.1) is 0 Å². The van der Waals surface area contributed by atoms with Gasteiger partial charge in [0.2, 0.25) is 0 Å². The van der Waals surface area contributed by atoms with Crippen molar-refractivity contribution in [3.05, 3.63) is 60.0 Å². The van der Waals surface area contributed by atoms with Crippen molar-refractivity contribution in [2.24, 2.45) is 0 Å². The van der Waals surface area contributed by atoms with E-state index in [-0.39, 0.29) is 0 Å². The van der Waals surface area contributed by atoms with Gasteiger partial charge in [0.25, 0.3) is 0 Å². The molecule has 0 aliphatic rings. The molecule has 0 unspecified atom stereocenters. The molecule has 2 heterocycles. The number of hydrogen-bond donors (Lipinski definition) is 0. The summed E-state index contributed by atoms with van der Waals surface area (Å²) < 4.78 is 12.4. The number of hydrogen-bond acceptors (Lipinski definition) is 3. The van der Waals surface area contributed by atoms with Gasteiger partial charge in [0.1, 0.15) is 17.1 Å². The van der Waals surface area contributed by atoms with Crippen LogP contribution in [0.3, 0.4) is 0 Å². The molecule has 1 aromatic carbocycles. The molecule has 102 valence electrons. The molecule has 0 radical (unpaired) electrons. The van der Waals surface area contributed by atoms with Crippen LogP contribution in [0.1, 0.15) is 11.3 Å². The Balaban J connectivity index is 1.90. The van der Waals surface area contributed by atoms with Crippen molar-refractivity contribution in [1.82, 2.24) is 9.38 Å². The van der Waals surface area contributed by atoms with Gasteiger partial charge in [-0.3, -0.25) is 0 Å². The van der Waals surface area contributed by atoms with Gasteiger partial charge in [-0.05, 0) is 23.8 Å². The van der Waals surface area contributed by atoms with Gasteiger partial charge < -0.3 is 13.9 Å². The first-order valence-electron chi connectivity index (χ1n) is 6.43. The lowest BCUT2D eigenvalue weighted by Crippen LogP contribution is -1.89. The summed E-state index contributed by atoms with van der Waals surface area (Å²) in [6.07, 6.45) is 4.77. The molecule has 4 heteroatoms. The summed E-state index contributed by atoms with van der Waals surface area (Å²) in [4.78, 5) is 4.61. The molecule has 4 nitrogen and oxygen atoms in total. The van der Waals surface area contributed by atoms with Crippen molar-refractivity contribution in [2.45, 2.75) is 6.42 Å². The summed E-state index contributed by atoms with van der Waals surface area (Å²) >= 11 is 0. The number of pyridine rings is 1. The SMILES string of the molecule is COc1cccc(Cc2cn3ccc(OC)cc3n2)c1. The van der Waals surface area contributed by atoms with Gasteiger partial charge in [-0.15, -0.1) is 0 Å². The minimum Gasteiger partial charge on any atom is -0.497 e. The number of benzene rings is 1. The third kappa shape index (κ3) is 2.45. The Morgan fingerprint density at radius 1 is 1.05 bits per heavy atom. The normalized spacial score (nSPS) is 10.7. The van der Waals surface area contributed by atoms with Crippen molar-refractivity contribution < 1.29 is 9.47 Å². The Kier molecular flexibility index (Phi) is 3.29. The highest BCUT2D eigenvalue weighted by atomic mass is 16.5. The molecule has 20 heavy (non-hydrogen) atoms. The topological polar surface area (TPSA) is 35.8 Å². The molecule has 0 aliphatic heterocycles. The summed E-state index contributed by atoms with van der Waals surface area (Å²) in [5, 5.41) is 0. The van der Waals surface area contributed by atoms with E-state index in [1.807, 2.05) is 47.1 Å². The zero-order chi connectivity index (χ0) is 13.9. The highest BCUT2D eigenvalue weighted by Crippen LogP contribution is 2.18. The lowest BCUT2D eigenvalue weighted by molar-refractivity contribution is 0.414. The minimum absolute atomic E-state index is 0.779. The molecular weight excluding hydrogens is 252 g/mol. The maximum absolute atomic E-state index is 5.24. The van der Waals surface area contributed by atoms with Gasteiger partial charge in [0, 0.05) is 24.9 Å². The Morgan fingerprint density at radius 2 is 1.85 bits per heavy atom. The summed E-state index contributed by atoms with van der Waals surface area (Å²) in [6, 6.07) is 11.9. The molecular formula is C16H16N2O2. The second kappa shape index (κ2) is 5.25. The van der Waals surface area contributed by atoms with Gasteiger partial charge in [0.15, 0.2) is 0 Å². The average Bonchev–Trinajstić information content (AvgIpc) is 2.88. The van der Waals surface area contributed by atoms with Crippen LogP contribution in [0.15, 0.2) is 48.8 Å². The van der Waals surface area contributed by atoms with Crippen molar-refractivity contribution in [2.75, 3.05) is 14.2 Å². The van der Waals surface area contributed by atoms with Gasteiger partial charge >= 0.3 is 0 Å². The molecule has 0 spiro atoms. The van der Waals surface area contributed by atoms with E-state index in [1.165, 1.54) is 5.56 Å². The number of imidazole rings is 1. The minimum atomic E-state index is 0.779. The van der Waals surface area contributed by atoms with E-state index in [0.29, 0.717) is 0 Å². The lowest BCUT2D eigenvalue weighted by Gasteiger charge is -2.02. The first-order valence-corrected chi connectivity index (χ1v) is 6.43. The Bertz CT molecular complexity index is 734. The fourth-order valence-corrected chi connectivity index (χ4v) is 2.22. The summed E-state index contributed by atoms with van der Waals surface area (Å²) in [5.41, 5.74) is 3.09. The molecule has 0 atom stereocenters. The van der Waals surface area contributed by atoms with Crippen molar-refractivity contribution in [3.8, 4) is 11.5 Å². The van der Waals surface area contributed by atoms with Crippen LogP contribution in [0.4, 0.5) is 0 Å². The zero-order valence-electron chi connectivity index (χ0n) is 11.5. The monoisotopic (exact) mass is 268 g/mol. The molecule has 0 bridgehead atoms. The average molecular weight is 268 g/mol. The maximum atomic E-state index is 5.24.